The highest BCUT2D eigenvalue weighted by atomic mass is 32.2. The second-order valence-electron chi connectivity index (χ2n) is 5.54. The number of fused-ring (bicyclic) bond motifs is 1. The largest absolute Gasteiger partial charge is 0.348 e. The van der Waals surface area contributed by atoms with Crippen LogP contribution >= 0.6 is 11.8 Å². The van der Waals surface area contributed by atoms with E-state index >= 15 is 0 Å². The SMILES string of the molecule is Cc1c[nH]c2ncnc(N3C=C(C(=O)N[C@H](C)CN)SCC3)c12. The van der Waals surface area contributed by atoms with Crippen LogP contribution in [-0.4, -0.2) is 45.7 Å². The highest BCUT2D eigenvalue weighted by Gasteiger charge is 2.21. The first-order valence-corrected chi connectivity index (χ1v) is 8.49. The molecule has 0 aromatic carbocycles. The van der Waals surface area contributed by atoms with Crippen molar-refractivity contribution in [3.05, 3.63) is 29.2 Å². The number of rotatable bonds is 4. The van der Waals surface area contributed by atoms with Crippen molar-refractivity contribution >= 4 is 34.5 Å². The molecular formula is C15H20N6OS. The van der Waals surface area contributed by atoms with E-state index in [0.717, 1.165) is 34.7 Å². The monoisotopic (exact) mass is 332 g/mol. The third kappa shape index (κ3) is 3.18. The Labute approximate surface area is 138 Å². The van der Waals surface area contributed by atoms with Crippen molar-refractivity contribution in [1.82, 2.24) is 20.3 Å². The second kappa shape index (κ2) is 6.59. The van der Waals surface area contributed by atoms with Crippen LogP contribution in [-0.2, 0) is 4.79 Å². The van der Waals surface area contributed by atoms with Crippen LogP contribution in [0.2, 0.25) is 0 Å². The lowest BCUT2D eigenvalue weighted by molar-refractivity contribution is -0.117. The maximum Gasteiger partial charge on any atom is 0.259 e. The minimum Gasteiger partial charge on any atom is -0.348 e. The number of aromatic nitrogens is 3. The minimum atomic E-state index is -0.0891. The Morgan fingerprint density at radius 2 is 2.39 bits per heavy atom. The van der Waals surface area contributed by atoms with Gasteiger partial charge in [-0.05, 0) is 19.4 Å². The molecule has 8 heteroatoms. The average Bonchev–Trinajstić information content (AvgIpc) is 2.96. The molecule has 0 bridgehead atoms. The number of hydrogen-bond acceptors (Lipinski definition) is 6. The Balaban J connectivity index is 1.91. The number of nitrogens with zero attached hydrogens (tertiary/aromatic N) is 3. The van der Waals surface area contributed by atoms with Crippen molar-refractivity contribution in [3.63, 3.8) is 0 Å². The van der Waals surface area contributed by atoms with Crippen molar-refractivity contribution in [1.29, 1.82) is 0 Å². The first kappa shape index (κ1) is 15.8. The Bertz CT molecular complexity index is 756. The predicted molar refractivity (Wildman–Crippen MR) is 93.2 cm³/mol. The molecule has 1 amide bonds. The summed E-state index contributed by atoms with van der Waals surface area (Å²) in [5, 5.41) is 3.89. The number of aromatic amines is 1. The summed E-state index contributed by atoms with van der Waals surface area (Å²) in [6.45, 7) is 5.12. The summed E-state index contributed by atoms with van der Waals surface area (Å²) in [6, 6.07) is -0.0444. The molecule has 1 atom stereocenters. The van der Waals surface area contributed by atoms with Gasteiger partial charge in [-0.25, -0.2) is 9.97 Å². The van der Waals surface area contributed by atoms with Gasteiger partial charge in [0.1, 0.15) is 17.8 Å². The number of nitrogens with two attached hydrogens (primary N) is 1. The minimum absolute atomic E-state index is 0.0444. The molecule has 7 nitrogen and oxygen atoms in total. The summed E-state index contributed by atoms with van der Waals surface area (Å²) in [6.07, 6.45) is 5.32. The summed E-state index contributed by atoms with van der Waals surface area (Å²) >= 11 is 1.55. The number of nitrogens with one attached hydrogen (secondary N) is 2. The smallest absolute Gasteiger partial charge is 0.259 e. The summed E-state index contributed by atoms with van der Waals surface area (Å²) in [5.74, 6) is 1.56. The molecule has 1 aliphatic rings. The average molecular weight is 332 g/mol. The lowest BCUT2D eigenvalue weighted by Gasteiger charge is -2.26. The zero-order valence-electron chi connectivity index (χ0n) is 13.2. The first-order valence-electron chi connectivity index (χ1n) is 7.51. The van der Waals surface area contributed by atoms with Crippen LogP contribution in [0.25, 0.3) is 11.0 Å². The molecule has 122 valence electrons. The molecule has 2 aromatic heterocycles. The van der Waals surface area contributed by atoms with Gasteiger partial charge in [-0.2, -0.15) is 0 Å². The van der Waals surface area contributed by atoms with Gasteiger partial charge in [0.15, 0.2) is 0 Å². The van der Waals surface area contributed by atoms with Gasteiger partial charge >= 0.3 is 0 Å². The summed E-state index contributed by atoms with van der Waals surface area (Å²) < 4.78 is 0. The van der Waals surface area contributed by atoms with E-state index in [1.807, 2.05) is 31.1 Å². The van der Waals surface area contributed by atoms with Gasteiger partial charge in [-0.3, -0.25) is 4.79 Å². The third-order valence-corrected chi connectivity index (χ3v) is 4.73. The molecule has 3 heterocycles. The molecule has 0 saturated heterocycles. The number of carbonyl (C=O) groups excluding carboxylic acids is 1. The topological polar surface area (TPSA) is 99.9 Å². The van der Waals surface area contributed by atoms with E-state index in [2.05, 4.69) is 20.3 Å². The van der Waals surface area contributed by atoms with E-state index in [4.69, 9.17) is 5.73 Å². The maximum absolute atomic E-state index is 12.3. The number of carbonyl (C=O) groups is 1. The van der Waals surface area contributed by atoms with Gasteiger partial charge in [0.25, 0.3) is 5.91 Å². The lowest BCUT2D eigenvalue weighted by atomic mass is 10.2. The highest BCUT2D eigenvalue weighted by Crippen LogP contribution is 2.30. The van der Waals surface area contributed by atoms with Crippen LogP contribution in [0.3, 0.4) is 0 Å². The van der Waals surface area contributed by atoms with Gasteiger partial charge in [0, 0.05) is 37.3 Å². The van der Waals surface area contributed by atoms with E-state index in [9.17, 15) is 4.79 Å². The van der Waals surface area contributed by atoms with E-state index in [1.54, 1.807) is 18.1 Å². The molecule has 3 rings (SSSR count). The predicted octanol–water partition coefficient (Wildman–Crippen LogP) is 1.12. The van der Waals surface area contributed by atoms with Crippen LogP contribution in [0.4, 0.5) is 5.82 Å². The summed E-state index contributed by atoms with van der Waals surface area (Å²) in [4.78, 5) is 26.8. The molecule has 0 fully saturated rings. The van der Waals surface area contributed by atoms with Crippen LogP contribution in [0.15, 0.2) is 23.6 Å². The summed E-state index contributed by atoms with van der Waals surface area (Å²) in [7, 11) is 0. The Morgan fingerprint density at radius 3 is 3.17 bits per heavy atom. The molecule has 23 heavy (non-hydrogen) atoms. The van der Waals surface area contributed by atoms with Crippen molar-refractivity contribution in [3.8, 4) is 0 Å². The standard InChI is InChI=1S/C15H20N6OS/c1-9-6-17-13-12(9)14(19-8-18-13)21-3-4-23-11(7-21)15(22)20-10(2)5-16/h6-8,10H,3-5,16H2,1-2H3,(H,20,22)(H,17,18,19)/t10-/m1/s1. The molecule has 2 aromatic rings. The molecular weight excluding hydrogens is 312 g/mol. The number of aryl methyl sites for hydroxylation is 1. The van der Waals surface area contributed by atoms with Crippen LogP contribution in [0.1, 0.15) is 12.5 Å². The van der Waals surface area contributed by atoms with Crippen LogP contribution in [0.5, 0.6) is 0 Å². The molecule has 1 aliphatic heterocycles. The van der Waals surface area contributed by atoms with Gasteiger partial charge in [0.2, 0.25) is 0 Å². The van der Waals surface area contributed by atoms with E-state index in [-0.39, 0.29) is 11.9 Å². The van der Waals surface area contributed by atoms with Crippen molar-refractivity contribution in [2.75, 3.05) is 23.7 Å². The van der Waals surface area contributed by atoms with E-state index in [0.29, 0.717) is 11.4 Å². The first-order chi connectivity index (χ1) is 11.1. The zero-order valence-corrected chi connectivity index (χ0v) is 14.0. The molecule has 0 radical (unpaired) electrons. The maximum atomic E-state index is 12.3. The number of amides is 1. The van der Waals surface area contributed by atoms with Gasteiger partial charge in [0.05, 0.1) is 10.3 Å². The zero-order chi connectivity index (χ0) is 16.4. The molecule has 0 spiro atoms. The summed E-state index contributed by atoms with van der Waals surface area (Å²) in [5.41, 5.74) is 7.46. The van der Waals surface area contributed by atoms with Crippen molar-refractivity contribution in [2.45, 2.75) is 19.9 Å². The number of hydrogen-bond donors (Lipinski definition) is 3. The Hall–Kier alpha value is -2.06. The number of anilines is 1. The lowest BCUT2D eigenvalue weighted by Crippen LogP contribution is -2.39. The number of thioether (sulfide) groups is 1. The van der Waals surface area contributed by atoms with Crippen molar-refractivity contribution in [2.24, 2.45) is 5.73 Å². The fraction of sp³-hybridized carbons (Fsp3) is 0.400. The van der Waals surface area contributed by atoms with Crippen LogP contribution < -0.4 is 16.0 Å². The quantitative estimate of drug-likeness (QED) is 0.776. The van der Waals surface area contributed by atoms with Gasteiger partial charge in [-0.15, -0.1) is 11.8 Å². The molecule has 0 saturated carbocycles. The van der Waals surface area contributed by atoms with Gasteiger partial charge < -0.3 is 20.9 Å². The highest BCUT2D eigenvalue weighted by molar-refractivity contribution is 8.04. The molecule has 4 N–H and O–H groups in total. The van der Waals surface area contributed by atoms with Crippen molar-refractivity contribution < 1.29 is 4.79 Å². The van der Waals surface area contributed by atoms with Gasteiger partial charge in [-0.1, -0.05) is 0 Å². The van der Waals surface area contributed by atoms with E-state index in [1.165, 1.54) is 0 Å². The molecule has 0 aliphatic carbocycles. The Morgan fingerprint density at radius 1 is 1.57 bits per heavy atom. The number of H-pyrrole nitrogens is 1. The molecule has 0 unspecified atom stereocenters. The fourth-order valence-electron chi connectivity index (χ4n) is 2.46. The van der Waals surface area contributed by atoms with E-state index < -0.39 is 0 Å². The Kier molecular flexibility index (Phi) is 4.53. The third-order valence-electron chi connectivity index (χ3n) is 3.74. The van der Waals surface area contributed by atoms with Crippen LogP contribution in [0, 0.1) is 6.92 Å². The normalized spacial score (nSPS) is 16.3. The second-order valence-corrected chi connectivity index (χ2v) is 6.67. The fourth-order valence-corrected chi connectivity index (χ4v) is 3.36.